The first-order valence-corrected chi connectivity index (χ1v) is 7.15. The van der Waals surface area contributed by atoms with Crippen molar-refractivity contribution in [2.24, 2.45) is 5.92 Å². The SMILES string of the molecule is Cc1cc(Oc2ccccc2F)c(CNCC(C)C)cn1. The molecule has 0 fully saturated rings. The van der Waals surface area contributed by atoms with Gasteiger partial charge in [0.05, 0.1) is 0 Å². The van der Waals surface area contributed by atoms with E-state index in [2.05, 4.69) is 24.1 Å². The van der Waals surface area contributed by atoms with Crippen molar-refractivity contribution < 1.29 is 9.13 Å². The molecule has 0 saturated heterocycles. The van der Waals surface area contributed by atoms with Crippen molar-refractivity contribution in [3.8, 4) is 11.5 Å². The normalized spacial score (nSPS) is 10.9. The van der Waals surface area contributed by atoms with Crippen LogP contribution in [-0.4, -0.2) is 11.5 Å². The molecule has 0 unspecified atom stereocenters. The number of halogens is 1. The number of pyridine rings is 1. The molecule has 21 heavy (non-hydrogen) atoms. The molecule has 4 heteroatoms. The number of hydrogen-bond acceptors (Lipinski definition) is 3. The summed E-state index contributed by atoms with van der Waals surface area (Å²) < 4.78 is 19.4. The minimum absolute atomic E-state index is 0.230. The maximum absolute atomic E-state index is 13.7. The zero-order valence-corrected chi connectivity index (χ0v) is 12.7. The van der Waals surface area contributed by atoms with Crippen molar-refractivity contribution in [2.75, 3.05) is 6.54 Å². The third-order valence-electron chi connectivity index (χ3n) is 3.01. The second kappa shape index (κ2) is 7.18. The van der Waals surface area contributed by atoms with Crippen LogP contribution in [0, 0.1) is 18.7 Å². The molecule has 1 aromatic carbocycles. The molecule has 2 aromatic rings. The Bertz CT molecular complexity index is 599. The molecule has 2 rings (SSSR count). The molecule has 0 aliphatic rings. The monoisotopic (exact) mass is 288 g/mol. The number of aromatic nitrogens is 1. The van der Waals surface area contributed by atoms with Gasteiger partial charge >= 0.3 is 0 Å². The van der Waals surface area contributed by atoms with Crippen LogP contribution in [0.5, 0.6) is 11.5 Å². The maximum Gasteiger partial charge on any atom is 0.165 e. The molecule has 0 amide bonds. The number of hydrogen-bond donors (Lipinski definition) is 1. The minimum atomic E-state index is -0.368. The number of nitrogens with zero attached hydrogens (tertiary/aromatic N) is 1. The van der Waals surface area contributed by atoms with E-state index >= 15 is 0 Å². The summed E-state index contributed by atoms with van der Waals surface area (Å²) in [5, 5.41) is 3.35. The fourth-order valence-corrected chi connectivity index (χ4v) is 1.93. The van der Waals surface area contributed by atoms with Gasteiger partial charge in [0.2, 0.25) is 0 Å². The Morgan fingerprint density at radius 3 is 2.71 bits per heavy atom. The molecule has 0 atom stereocenters. The number of para-hydroxylation sites is 1. The van der Waals surface area contributed by atoms with Gasteiger partial charge in [-0.3, -0.25) is 4.98 Å². The van der Waals surface area contributed by atoms with Gasteiger partial charge in [-0.15, -0.1) is 0 Å². The van der Waals surface area contributed by atoms with E-state index in [1.807, 2.05) is 13.0 Å². The van der Waals surface area contributed by atoms with Gasteiger partial charge in [0.1, 0.15) is 5.75 Å². The lowest BCUT2D eigenvalue weighted by Gasteiger charge is -2.13. The van der Waals surface area contributed by atoms with E-state index in [9.17, 15) is 4.39 Å². The van der Waals surface area contributed by atoms with Gasteiger partial charge in [0.25, 0.3) is 0 Å². The molecular weight excluding hydrogens is 267 g/mol. The minimum Gasteiger partial charge on any atom is -0.454 e. The summed E-state index contributed by atoms with van der Waals surface area (Å²) in [6.45, 7) is 7.75. The molecular formula is C17H21FN2O. The van der Waals surface area contributed by atoms with E-state index in [-0.39, 0.29) is 11.6 Å². The van der Waals surface area contributed by atoms with Crippen LogP contribution in [0.1, 0.15) is 25.1 Å². The smallest absolute Gasteiger partial charge is 0.165 e. The third-order valence-corrected chi connectivity index (χ3v) is 3.01. The third kappa shape index (κ3) is 4.53. The maximum atomic E-state index is 13.7. The average Bonchev–Trinajstić information content (AvgIpc) is 2.43. The van der Waals surface area contributed by atoms with Crippen molar-refractivity contribution in [3.05, 3.63) is 53.6 Å². The van der Waals surface area contributed by atoms with E-state index in [0.717, 1.165) is 17.8 Å². The van der Waals surface area contributed by atoms with Gasteiger partial charge in [-0.05, 0) is 31.5 Å². The molecule has 0 saturated carbocycles. The first-order chi connectivity index (χ1) is 10.1. The number of benzene rings is 1. The van der Waals surface area contributed by atoms with Crippen LogP contribution >= 0.6 is 0 Å². The summed E-state index contributed by atoms with van der Waals surface area (Å²) in [6.07, 6.45) is 1.78. The van der Waals surface area contributed by atoms with Gasteiger partial charge in [0, 0.05) is 30.1 Å². The summed E-state index contributed by atoms with van der Waals surface area (Å²) in [5.41, 5.74) is 1.76. The van der Waals surface area contributed by atoms with Crippen LogP contribution in [0.2, 0.25) is 0 Å². The summed E-state index contributed by atoms with van der Waals surface area (Å²) in [6, 6.07) is 8.24. The fourth-order valence-electron chi connectivity index (χ4n) is 1.93. The van der Waals surface area contributed by atoms with Crippen LogP contribution in [0.4, 0.5) is 4.39 Å². The average molecular weight is 288 g/mol. The highest BCUT2D eigenvalue weighted by Crippen LogP contribution is 2.27. The van der Waals surface area contributed by atoms with Gasteiger partial charge in [-0.1, -0.05) is 26.0 Å². The molecule has 1 N–H and O–H groups in total. The lowest BCUT2D eigenvalue weighted by molar-refractivity contribution is 0.433. The van der Waals surface area contributed by atoms with E-state index in [4.69, 9.17) is 4.74 Å². The van der Waals surface area contributed by atoms with E-state index in [0.29, 0.717) is 18.2 Å². The summed E-state index contributed by atoms with van der Waals surface area (Å²) in [5.74, 6) is 1.07. The van der Waals surface area contributed by atoms with Crippen molar-refractivity contribution in [1.29, 1.82) is 0 Å². The molecule has 112 valence electrons. The second-order valence-corrected chi connectivity index (χ2v) is 5.49. The van der Waals surface area contributed by atoms with E-state index < -0.39 is 0 Å². The largest absolute Gasteiger partial charge is 0.454 e. The Balaban J connectivity index is 2.17. The molecule has 3 nitrogen and oxygen atoms in total. The fraction of sp³-hybridized carbons (Fsp3) is 0.353. The first-order valence-electron chi connectivity index (χ1n) is 7.15. The zero-order valence-electron chi connectivity index (χ0n) is 12.7. The lowest BCUT2D eigenvalue weighted by Crippen LogP contribution is -2.19. The van der Waals surface area contributed by atoms with Crippen LogP contribution < -0.4 is 10.1 Å². The van der Waals surface area contributed by atoms with Gasteiger partial charge in [-0.25, -0.2) is 4.39 Å². The van der Waals surface area contributed by atoms with E-state index in [1.165, 1.54) is 6.07 Å². The molecule has 0 aliphatic heterocycles. The Morgan fingerprint density at radius 2 is 2.00 bits per heavy atom. The van der Waals surface area contributed by atoms with Crippen LogP contribution in [-0.2, 0) is 6.54 Å². The number of ether oxygens (including phenoxy) is 1. The predicted molar refractivity (Wildman–Crippen MR) is 82.0 cm³/mol. The highest BCUT2D eigenvalue weighted by atomic mass is 19.1. The summed E-state index contributed by atoms with van der Waals surface area (Å²) in [4.78, 5) is 4.29. The first kappa shape index (κ1) is 15.4. The van der Waals surface area contributed by atoms with Crippen LogP contribution in [0.15, 0.2) is 36.5 Å². The highest BCUT2D eigenvalue weighted by Gasteiger charge is 2.09. The number of rotatable bonds is 6. The van der Waals surface area contributed by atoms with Crippen LogP contribution in [0.25, 0.3) is 0 Å². The highest BCUT2D eigenvalue weighted by molar-refractivity contribution is 5.38. The summed E-state index contributed by atoms with van der Waals surface area (Å²) >= 11 is 0. The Hall–Kier alpha value is -1.94. The molecule has 1 heterocycles. The van der Waals surface area contributed by atoms with Gasteiger partial charge in [0.15, 0.2) is 11.6 Å². The van der Waals surface area contributed by atoms with Crippen molar-refractivity contribution in [3.63, 3.8) is 0 Å². The van der Waals surface area contributed by atoms with Gasteiger partial charge < -0.3 is 10.1 Å². The topological polar surface area (TPSA) is 34.1 Å². The number of nitrogens with one attached hydrogen (secondary N) is 1. The molecule has 0 spiro atoms. The Kier molecular flexibility index (Phi) is 5.28. The standard InChI is InChI=1S/C17H21FN2O/c1-12(2)9-19-10-14-11-20-13(3)8-17(14)21-16-7-5-4-6-15(16)18/h4-8,11-12,19H,9-10H2,1-3H3. The molecule has 1 aromatic heterocycles. The molecule has 0 bridgehead atoms. The van der Waals surface area contributed by atoms with Crippen molar-refractivity contribution >= 4 is 0 Å². The second-order valence-electron chi connectivity index (χ2n) is 5.49. The van der Waals surface area contributed by atoms with Gasteiger partial charge in [-0.2, -0.15) is 0 Å². The summed E-state index contributed by atoms with van der Waals surface area (Å²) in [7, 11) is 0. The van der Waals surface area contributed by atoms with Crippen LogP contribution in [0.3, 0.4) is 0 Å². The number of aryl methyl sites for hydroxylation is 1. The molecule has 0 radical (unpaired) electrons. The zero-order chi connectivity index (χ0) is 15.2. The lowest BCUT2D eigenvalue weighted by atomic mass is 10.2. The Labute approximate surface area is 125 Å². The quantitative estimate of drug-likeness (QED) is 0.870. The predicted octanol–water partition coefficient (Wildman–Crippen LogP) is 4.07. The van der Waals surface area contributed by atoms with E-state index in [1.54, 1.807) is 24.4 Å². The Morgan fingerprint density at radius 1 is 1.24 bits per heavy atom. The van der Waals surface area contributed by atoms with Crippen molar-refractivity contribution in [1.82, 2.24) is 10.3 Å². The molecule has 0 aliphatic carbocycles. The van der Waals surface area contributed by atoms with Crippen molar-refractivity contribution in [2.45, 2.75) is 27.3 Å².